The molecule has 37 heavy (non-hydrogen) atoms. The lowest BCUT2D eigenvalue weighted by molar-refractivity contribution is -0.161. The molecule has 2 fully saturated rings. The summed E-state index contributed by atoms with van der Waals surface area (Å²) in [6.07, 6.45) is 2.36. The third-order valence-electron chi connectivity index (χ3n) is 8.66. The number of carbonyl (C=O) groups excluding carboxylic acids is 2. The summed E-state index contributed by atoms with van der Waals surface area (Å²) in [6.45, 7) is 16.8. The molecule has 2 aliphatic heterocycles. The minimum Gasteiger partial charge on any atom is -0.507 e. The number of carbonyl (C=O) groups is 2. The molecule has 0 aliphatic carbocycles. The number of ether oxygens (including phenoxy) is 3. The largest absolute Gasteiger partial charge is 0.507 e. The molecule has 3 rings (SSSR count). The molecule has 0 atom stereocenters. The van der Waals surface area contributed by atoms with E-state index < -0.39 is 11.9 Å². The minimum absolute atomic E-state index is 0.0132. The zero-order chi connectivity index (χ0) is 28.0. The second-order valence-electron chi connectivity index (χ2n) is 13.3. The van der Waals surface area contributed by atoms with Gasteiger partial charge in [-0.1, -0.05) is 0 Å². The maximum absolute atomic E-state index is 13.0. The number of phenolic OH excluding ortho intramolecular Hbond substituents is 1. The van der Waals surface area contributed by atoms with Crippen LogP contribution in [0.3, 0.4) is 0 Å². The van der Waals surface area contributed by atoms with Gasteiger partial charge in [0.1, 0.15) is 29.3 Å². The standard InChI is InChI=1S/C29H46N2O6/c1-26(2)14-20(15-27(3,4)30(26)9)36-24(33)18-35-19-11-12-23(32)22(13-19)25(34)37-21-16-28(5,6)31(10)29(7,8)17-21/h11-13,20-21,32H,14-18H2,1-10H3. The maximum atomic E-state index is 13.0. The average molecular weight is 519 g/mol. The van der Waals surface area contributed by atoms with Crippen LogP contribution in [0.4, 0.5) is 0 Å². The molecule has 1 N–H and O–H groups in total. The highest BCUT2D eigenvalue weighted by Crippen LogP contribution is 2.39. The van der Waals surface area contributed by atoms with Crippen LogP contribution in [-0.4, -0.2) is 81.9 Å². The predicted octanol–water partition coefficient (Wildman–Crippen LogP) is 4.77. The summed E-state index contributed by atoms with van der Waals surface area (Å²) >= 11 is 0. The number of hydrogen-bond acceptors (Lipinski definition) is 8. The molecule has 0 bridgehead atoms. The summed E-state index contributed by atoms with van der Waals surface area (Å²) in [7, 11) is 4.19. The Balaban J connectivity index is 1.61. The van der Waals surface area contributed by atoms with Crippen molar-refractivity contribution in [1.29, 1.82) is 0 Å². The lowest BCUT2D eigenvalue weighted by atomic mass is 9.78. The third kappa shape index (κ3) is 6.58. The first-order chi connectivity index (χ1) is 16.8. The summed E-state index contributed by atoms with van der Waals surface area (Å²) in [6, 6.07) is 4.31. The number of rotatable bonds is 6. The lowest BCUT2D eigenvalue weighted by Gasteiger charge is -2.53. The molecule has 2 aliphatic rings. The van der Waals surface area contributed by atoms with Crippen LogP contribution < -0.4 is 4.74 Å². The van der Waals surface area contributed by atoms with Gasteiger partial charge < -0.3 is 19.3 Å². The van der Waals surface area contributed by atoms with Gasteiger partial charge >= 0.3 is 11.9 Å². The molecule has 0 aromatic heterocycles. The van der Waals surface area contributed by atoms with Crippen LogP contribution in [0.1, 0.15) is 91.4 Å². The Morgan fingerprint density at radius 3 is 1.70 bits per heavy atom. The summed E-state index contributed by atoms with van der Waals surface area (Å²) < 4.78 is 17.2. The molecule has 1 aromatic rings. The van der Waals surface area contributed by atoms with Crippen molar-refractivity contribution >= 4 is 11.9 Å². The van der Waals surface area contributed by atoms with Crippen LogP contribution in [0.25, 0.3) is 0 Å². The zero-order valence-corrected chi connectivity index (χ0v) is 24.3. The summed E-state index contributed by atoms with van der Waals surface area (Å²) in [4.78, 5) is 30.2. The van der Waals surface area contributed by atoms with E-state index in [0.29, 0.717) is 12.8 Å². The number of benzene rings is 1. The van der Waals surface area contributed by atoms with E-state index in [1.807, 2.05) is 0 Å². The van der Waals surface area contributed by atoms with Gasteiger partial charge in [-0.05, 0) is 87.7 Å². The molecule has 2 saturated heterocycles. The second kappa shape index (κ2) is 10.1. The first-order valence-electron chi connectivity index (χ1n) is 13.2. The van der Waals surface area contributed by atoms with E-state index in [1.165, 1.54) is 18.2 Å². The minimum atomic E-state index is -0.609. The molecule has 0 saturated carbocycles. The summed E-state index contributed by atoms with van der Waals surface area (Å²) in [5.41, 5.74) is -0.467. The van der Waals surface area contributed by atoms with Gasteiger partial charge in [0.25, 0.3) is 0 Å². The van der Waals surface area contributed by atoms with E-state index in [2.05, 4.69) is 79.3 Å². The maximum Gasteiger partial charge on any atom is 0.344 e. The fourth-order valence-electron chi connectivity index (χ4n) is 6.07. The number of esters is 2. The van der Waals surface area contributed by atoms with Crippen molar-refractivity contribution < 1.29 is 28.9 Å². The number of nitrogens with zero attached hydrogens (tertiary/aromatic N) is 2. The Kier molecular flexibility index (Phi) is 7.98. The van der Waals surface area contributed by atoms with Gasteiger partial charge in [0.05, 0.1) is 0 Å². The van der Waals surface area contributed by atoms with Crippen LogP contribution in [0.15, 0.2) is 18.2 Å². The number of phenols is 1. The first-order valence-corrected chi connectivity index (χ1v) is 13.2. The van der Waals surface area contributed by atoms with Crippen molar-refractivity contribution in [1.82, 2.24) is 9.80 Å². The van der Waals surface area contributed by atoms with Crippen molar-refractivity contribution in [2.75, 3.05) is 20.7 Å². The average Bonchev–Trinajstić information content (AvgIpc) is 2.74. The zero-order valence-electron chi connectivity index (χ0n) is 24.3. The Morgan fingerprint density at radius 2 is 1.24 bits per heavy atom. The Bertz CT molecular complexity index is 980. The SMILES string of the molecule is CN1C(C)(C)CC(OC(=O)COc2ccc(O)c(C(=O)OC3CC(C)(C)N(C)C(C)(C)C3)c2)CC1(C)C. The molecule has 0 radical (unpaired) electrons. The molecular formula is C29H46N2O6. The van der Waals surface area contributed by atoms with Crippen molar-refractivity contribution in [3.05, 3.63) is 23.8 Å². The number of piperidine rings is 2. The molecule has 0 amide bonds. The molecule has 8 heteroatoms. The van der Waals surface area contributed by atoms with E-state index in [0.717, 1.165) is 12.8 Å². The molecule has 8 nitrogen and oxygen atoms in total. The van der Waals surface area contributed by atoms with Gasteiger partial charge in [-0.25, -0.2) is 9.59 Å². The van der Waals surface area contributed by atoms with E-state index in [1.54, 1.807) is 0 Å². The smallest absolute Gasteiger partial charge is 0.344 e. The Labute approximate surface area is 222 Å². The normalized spacial score (nSPS) is 23.8. The van der Waals surface area contributed by atoms with Crippen LogP contribution in [-0.2, 0) is 14.3 Å². The molecule has 208 valence electrons. The van der Waals surface area contributed by atoms with Crippen LogP contribution >= 0.6 is 0 Å². The number of hydrogen-bond donors (Lipinski definition) is 1. The fourth-order valence-corrected chi connectivity index (χ4v) is 6.07. The van der Waals surface area contributed by atoms with Gasteiger partial charge in [-0.2, -0.15) is 0 Å². The third-order valence-corrected chi connectivity index (χ3v) is 8.66. The fraction of sp³-hybridized carbons (Fsp3) is 0.724. The molecular weight excluding hydrogens is 472 g/mol. The Hall–Kier alpha value is -2.32. The van der Waals surface area contributed by atoms with Crippen LogP contribution in [0.2, 0.25) is 0 Å². The van der Waals surface area contributed by atoms with Gasteiger partial charge in [0.2, 0.25) is 0 Å². The topological polar surface area (TPSA) is 88.5 Å². The number of aromatic hydroxyl groups is 1. The van der Waals surface area contributed by atoms with Gasteiger partial charge in [0.15, 0.2) is 6.61 Å². The van der Waals surface area contributed by atoms with Crippen LogP contribution in [0.5, 0.6) is 11.5 Å². The van der Waals surface area contributed by atoms with Gasteiger partial charge in [-0.15, -0.1) is 0 Å². The van der Waals surface area contributed by atoms with Crippen LogP contribution in [0, 0.1) is 0 Å². The second-order valence-corrected chi connectivity index (χ2v) is 13.3. The lowest BCUT2D eigenvalue weighted by Crippen LogP contribution is -2.60. The van der Waals surface area contributed by atoms with E-state index in [-0.39, 0.29) is 58.0 Å². The summed E-state index contributed by atoms with van der Waals surface area (Å²) in [5.74, 6) is -0.978. The Morgan fingerprint density at radius 1 is 0.811 bits per heavy atom. The molecule has 1 aromatic carbocycles. The molecule has 0 unspecified atom stereocenters. The quantitative estimate of drug-likeness (QED) is 0.539. The predicted molar refractivity (Wildman–Crippen MR) is 143 cm³/mol. The summed E-state index contributed by atoms with van der Waals surface area (Å²) in [5, 5.41) is 10.3. The molecule has 0 spiro atoms. The number of likely N-dealkylation sites (tertiary alicyclic amines) is 2. The molecule has 2 heterocycles. The van der Waals surface area contributed by atoms with Crippen molar-refractivity contribution in [2.45, 2.75) is 115 Å². The highest BCUT2D eigenvalue weighted by molar-refractivity contribution is 5.93. The highest BCUT2D eigenvalue weighted by atomic mass is 16.6. The monoisotopic (exact) mass is 518 g/mol. The first kappa shape index (κ1) is 29.2. The van der Waals surface area contributed by atoms with E-state index in [9.17, 15) is 14.7 Å². The van der Waals surface area contributed by atoms with E-state index in [4.69, 9.17) is 14.2 Å². The van der Waals surface area contributed by atoms with Crippen molar-refractivity contribution in [3.63, 3.8) is 0 Å². The van der Waals surface area contributed by atoms with Gasteiger partial charge in [-0.3, -0.25) is 9.80 Å². The highest BCUT2D eigenvalue weighted by Gasteiger charge is 2.45. The van der Waals surface area contributed by atoms with Crippen molar-refractivity contribution in [2.24, 2.45) is 0 Å². The van der Waals surface area contributed by atoms with Crippen molar-refractivity contribution in [3.8, 4) is 11.5 Å². The van der Waals surface area contributed by atoms with Gasteiger partial charge in [0, 0.05) is 47.8 Å². The van der Waals surface area contributed by atoms with E-state index >= 15 is 0 Å².